The number of nitrogens with zero attached hydrogens (tertiary/aromatic N) is 7. The van der Waals surface area contributed by atoms with Gasteiger partial charge < -0.3 is 41.0 Å². The Labute approximate surface area is 264 Å². The fraction of sp³-hybridized carbons (Fsp3) is 0.552. The van der Waals surface area contributed by atoms with E-state index < -0.39 is 42.4 Å². The highest BCUT2D eigenvalue weighted by molar-refractivity contribution is 6.01. The van der Waals surface area contributed by atoms with Crippen molar-refractivity contribution in [2.24, 2.45) is 0 Å². The van der Waals surface area contributed by atoms with Crippen LogP contribution >= 0.6 is 0 Å². The predicted octanol–water partition coefficient (Wildman–Crippen LogP) is -0.686. The van der Waals surface area contributed by atoms with E-state index in [9.17, 15) is 24.9 Å². The molecule has 1 amide bonds. The predicted molar refractivity (Wildman–Crippen MR) is 163 cm³/mol. The van der Waals surface area contributed by atoms with Crippen LogP contribution in [0.1, 0.15) is 51.5 Å². The van der Waals surface area contributed by atoms with Crippen molar-refractivity contribution in [2.45, 2.75) is 81.8 Å². The minimum atomic E-state index is -1.35. The molecule has 0 unspecified atom stereocenters. The van der Waals surface area contributed by atoms with Crippen LogP contribution in [0.2, 0.25) is 0 Å². The summed E-state index contributed by atoms with van der Waals surface area (Å²) in [6.07, 6.45) is 3.59. The molecule has 0 aromatic carbocycles. The van der Waals surface area contributed by atoms with E-state index in [1.807, 2.05) is 11.0 Å². The van der Waals surface area contributed by atoms with Gasteiger partial charge in [-0.05, 0) is 51.7 Å². The number of aromatic nitrogens is 6. The molecule has 0 spiro atoms. The van der Waals surface area contributed by atoms with Gasteiger partial charge in [-0.25, -0.2) is 19.7 Å². The highest BCUT2D eigenvalue weighted by Crippen LogP contribution is 2.35. The van der Waals surface area contributed by atoms with Gasteiger partial charge in [0.1, 0.15) is 30.2 Å². The normalized spacial score (nSPS) is 26.2. The number of carbonyl (C=O) groups excluding carboxylic acids is 1. The zero-order valence-corrected chi connectivity index (χ0v) is 25.7. The SMILES string of the molecule is COC1CCC(N2C(=O)CNc3ncc(-c4ccc(C(C)(C)O)nc4)nc32)CC1.Nc1ncn([C@@H]2O[C@H](CO)[C@@H](O)[C@H]2O)c(=O)n1. The number of nitrogen functional groups attached to an aromatic ring is 1. The fourth-order valence-electron chi connectivity index (χ4n) is 5.64. The molecule has 17 nitrogen and oxygen atoms in total. The van der Waals surface area contributed by atoms with E-state index in [2.05, 4.69) is 25.3 Å². The molecule has 5 heterocycles. The Morgan fingerprint density at radius 3 is 2.39 bits per heavy atom. The van der Waals surface area contributed by atoms with Crippen LogP contribution in [0.15, 0.2) is 35.6 Å². The molecule has 46 heavy (non-hydrogen) atoms. The van der Waals surface area contributed by atoms with Crippen LogP contribution in [-0.4, -0.2) is 107 Å². The van der Waals surface area contributed by atoms with Gasteiger partial charge in [-0.1, -0.05) is 0 Å². The smallest absolute Gasteiger partial charge is 0.354 e. The standard InChI is InChI=1S/C21H27N5O3.C8H12N4O5/c1-21(2,28)17-9-4-13(10-22-17)16-11-23-19-20(25-16)26(18(27)12-24-19)14-5-7-15(29-3)8-6-14;9-7-10-2-12(8(16)11-7)6-5(15)4(14)3(1-13)17-6/h4,9-11,14-15,28H,5-8,12H2,1-3H3,(H,23,24);2-6,13-15H,1H2,(H2,9,11,16)/t;3-,4-,5-,6-/m.1/s1. The second-order valence-corrected chi connectivity index (χ2v) is 11.8. The van der Waals surface area contributed by atoms with Crippen LogP contribution in [-0.2, 0) is 19.9 Å². The van der Waals surface area contributed by atoms with Crippen LogP contribution in [0.4, 0.5) is 17.6 Å². The molecular weight excluding hydrogens is 602 g/mol. The summed E-state index contributed by atoms with van der Waals surface area (Å²) < 4.78 is 11.5. The number of hydrogen-bond donors (Lipinski definition) is 6. The van der Waals surface area contributed by atoms with Crippen molar-refractivity contribution in [3.8, 4) is 11.3 Å². The molecular formula is C29H39N9O8. The van der Waals surface area contributed by atoms with E-state index >= 15 is 0 Å². The third kappa shape index (κ3) is 6.98. The molecule has 1 saturated heterocycles. The van der Waals surface area contributed by atoms with Crippen molar-refractivity contribution in [3.05, 3.63) is 47.0 Å². The first-order valence-corrected chi connectivity index (χ1v) is 14.9. The van der Waals surface area contributed by atoms with Crippen molar-refractivity contribution in [1.82, 2.24) is 29.5 Å². The summed E-state index contributed by atoms with van der Waals surface area (Å²) in [5, 5.41) is 41.3. The zero-order valence-electron chi connectivity index (χ0n) is 25.7. The minimum absolute atomic E-state index is 0.0142. The molecule has 3 aromatic heterocycles. The summed E-state index contributed by atoms with van der Waals surface area (Å²) in [6.45, 7) is 3.15. The molecule has 248 valence electrons. The number of amides is 1. The van der Waals surface area contributed by atoms with Gasteiger partial charge in [0.15, 0.2) is 17.9 Å². The first kappa shape index (κ1) is 33.2. The number of pyridine rings is 1. The van der Waals surface area contributed by atoms with Crippen molar-refractivity contribution >= 4 is 23.5 Å². The maximum atomic E-state index is 12.7. The number of nitrogens with one attached hydrogen (secondary N) is 1. The molecule has 17 heteroatoms. The Morgan fingerprint density at radius 2 is 1.80 bits per heavy atom. The second kappa shape index (κ2) is 13.7. The average Bonchev–Trinajstić information content (AvgIpc) is 3.33. The molecule has 3 aliphatic rings. The molecule has 1 aliphatic carbocycles. The largest absolute Gasteiger partial charge is 0.394 e. The Hall–Kier alpha value is -4.13. The highest BCUT2D eigenvalue weighted by atomic mass is 16.6. The van der Waals surface area contributed by atoms with Gasteiger partial charge >= 0.3 is 5.69 Å². The molecule has 7 N–H and O–H groups in total. The maximum absolute atomic E-state index is 12.7. The summed E-state index contributed by atoms with van der Waals surface area (Å²) in [7, 11) is 1.74. The zero-order chi connectivity index (χ0) is 33.2. The molecule has 1 saturated carbocycles. The molecule has 2 aliphatic heterocycles. The van der Waals surface area contributed by atoms with Gasteiger partial charge in [0.05, 0.1) is 36.8 Å². The fourth-order valence-corrected chi connectivity index (χ4v) is 5.64. The van der Waals surface area contributed by atoms with Gasteiger partial charge in [0.2, 0.25) is 11.9 Å². The second-order valence-electron chi connectivity index (χ2n) is 11.8. The van der Waals surface area contributed by atoms with Gasteiger partial charge in [0.25, 0.3) is 0 Å². The van der Waals surface area contributed by atoms with Crippen LogP contribution in [0.5, 0.6) is 0 Å². The molecule has 6 rings (SSSR count). The number of methoxy groups -OCH3 is 1. The third-order valence-electron chi connectivity index (χ3n) is 8.22. The quantitative estimate of drug-likeness (QED) is 0.195. The van der Waals surface area contributed by atoms with Crippen molar-refractivity contribution < 1.29 is 34.7 Å². The van der Waals surface area contributed by atoms with E-state index in [0.29, 0.717) is 23.0 Å². The number of fused-ring (bicyclic) bond motifs is 1. The van der Waals surface area contributed by atoms with E-state index in [4.69, 9.17) is 25.3 Å². The monoisotopic (exact) mass is 641 g/mol. The number of nitrogens with two attached hydrogens (primary N) is 1. The van der Waals surface area contributed by atoms with Crippen molar-refractivity contribution in [2.75, 3.05) is 36.2 Å². The lowest BCUT2D eigenvalue weighted by atomic mass is 9.91. The summed E-state index contributed by atoms with van der Waals surface area (Å²) in [5.74, 6) is 1.02. The molecule has 0 bridgehead atoms. The van der Waals surface area contributed by atoms with Crippen molar-refractivity contribution in [3.63, 3.8) is 0 Å². The number of anilines is 3. The number of rotatable bonds is 6. The number of aliphatic hydroxyl groups excluding tert-OH is 3. The van der Waals surface area contributed by atoms with Crippen LogP contribution in [0.3, 0.4) is 0 Å². The van der Waals surface area contributed by atoms with Gasteiger partial charge in [-0.2, -0.15) is 4.98 Å². The molecule has 0 radical (unpaired) electrons. The number of ether oxygens (including phenoxy) is 2. The van der Waals surface area contributed by atoms with Gasteiger partial charge in [0, 0.05) is 24.9 Å². The van der Waals surface area contributed by atoms with Crippen molar-refractivity contribution in [1.29, 1.82) is 0 Å². The van der Waals surface area contributed by atoms with E-state index in [0.717, 1.165) is 42.1 Å². The van der Waals surface area contributed by atoms with E-state index in [-0.39, 0.29) is 30.5 Å². The number of carbonyl (C=O) groups is 1. The molecule has 2 fully saturated rings. The lowest BCUT2D eigenvalue weighted by molar-refractivity contribution is -0.118. The summed E-state index contributed by atoms with van der Waals surface area (Å²) in [6, 6.07) is 3.75. The lowest BCUT2D eigenvalue weighted by Gasteiger charge is -2.38. The Morgan fingerprint density at radius 1 is 1.07 bits per heavy atom. The summed E-state index contributed by atoms with van der Waals surface area (Å²) in [5.41, 5.74) is 5.46. The van der Waals surface area contributed by atoms with Crippen LogP contribution < -0.4 is 21.6 Å². The maximum Gasteiger partial charge on any atom is 0.354 e. The number of hydrogen-bond acceptors (Lipinski definition) is 15. The third-order valence-corrected chi connectivity index (χ3v) is 8.22. The molecule has 3 aromatic rings. The van der Waals surface area contributed by atoms with Gasteiger partial charge in [-0.3, -0.25) is 19.2 Å². The van der Waals surface area contributed by atoms with Crippen LogP contribution in [0.25, 0.3) is 11.3 Å². The summed E-state index contributed by atoms with van der Waals surface area (Å²) in [4.78, 5) is 46.6. The minimum Gasteiger partial charge on any atom is -0.394 e. The Bertz CT molecular complexity index is 1570. The highest BCUT2D eigenvalue weighted by Gasteiger charge is 2.44. The Kier molecular flexibility index (Phi) is 9.90. The van der Waals surface area contributed by atoms with E-state index in [1.165, 1.54) is 0 Å². The first-order chi connectivity index (χ1) is 21.9. The number of aliphatic hydroxyl groups is 4. The average molecular weight is 642 g/mol. The topological polar surface area (TPSA) is 244 Å². The summed E-state index contributed by atoms with van der Waals surface area (Å²) >= 11 is 0. The molecule has 4 atom stereocenters. The first-order valence-electron chi connectivity index (χ1n) is 14.9. The lowest BCUT2D eigenvalue weighted by Crippen LogP contribution is -2.49. The van der Waals surface area contributed by atoms with E-state index in [1.54, 1.807) is 39.4 Å². The Balaban J connectivity index is 0.000000209. The van der Waals surface area contributed by atoms with Gasteiger partial charge in [-0.15, -0.1) is 0 Å². The van der Waals surface area contributed by atoms with Crippen LogP contribution in [0, 0.1) is 0 Å².